The molecule has 1 aromatic heterocycles. The third-order valence-electron chi connectivity index (χ3n) is 2.15. The number of amides is 1. The van der Waals surface area contributed by atoms with Gasteiger partial charge in [-0.25, -0.2) is 8.42 Å². The van der Waals surface area contributed by atoms with Gasteiger partial charge in [-0.15, -0.1) is 10.2 Å². The molecule has 0 aliphatic heterocycles. The number of nitrogens with two attached hydrogens (primary N) is 1. The van der Waals surface area contributed by atoms with Crippen LogP contribution in [0.1, 0.15) is 42.4 Å². The van der Waals surface area contributed by atoms with E-state index in [1.54, 1.807) is 0 Å². The Balaban J connectivity index is 2.66. The van der Waals surface area contributed by atoms with Crippen LogP contribution in [0, 0.1) is 0 Å². The van der Waals surface area contributed by atoms with E-state index in [-0.39, 0.29) is 15.1 Å². The predicted molar refractivity (Wildman–Crippen MR) is 64.6 cm³/mol. The molecule has 0 atom stereocenters. The summed E-state index contributed by atoms with van der Waals surface area (Å²) in [7, 11) is -3.42. The lowest BCUT2D eigenvalue weighted by molar-refractivity contribution is 0.0999. The van der Waals surface area contributed by atoms with Crippen LogP contribution >= 0.6 is 11.3 Å². The molecule has 1 rings (SSSR count). The van der Waals surface area contributed by atoms with E-state index in [0.29, 0.717) is 6.42 Å². The summed E-state index contributed by atoms with van der Waals surface area (Å²) in [6.45, 7) is 2.05. The number of carbonyl (C=O) groups is 1. The van der Waals surface area contributed by atoms with Crippen LogP contribution in [0.4, 0.5) is 0 Å². The van der Waals surface area contributed by atoms with Gasteiger partial charge in [0.2, 0.25) is 19.2 Å². The highest BCUT2D eigenvalue weighted by atomic mass is 32.2. The van der Waals surface area contributed by atoms with E-state index >= 15 is 0 Å². The molecule has 8 heteroatoms. The number of sulfone groups is 1. The quantitative estimate of drug-likeness (QED) is 0.749. The Bertz CT molecular complexity index is 481. The topological polar surface area (TPSA) is 103 Å². The third kappa shape index (κ3) is 4.04. The second-order valence-electron chi connectivity index (χ2n) is 3.62. The second kappa shape index (κ2) is 6.06. The van der Waals surface area contributed by atoms with Gasteiger partial charge in [0.1, 0.15) is 0 Å². The van der Waals surface area contributed by atoms with Crippen molar-refractivity contribution in [3.05, 3.63) is 5.01 Å². The first-order chi connectivity index (χ1) is 7.97. The molecule has 1 heterocycles. The maximum Gasteiger partial charge on any atom is 0.279 e. The lowest BCUT2D eigenvalue weighted by atomic mass is 10.2. The van der Waals surface area contributed by atoms with Crippen molar-refractivity contribution in [2.75, 3.05) is 5.75 Å². The van der Waals surface area contributed by atoms with Gasteiger partial charge in [-0.1, -0.05) is 37.5 Å². The molecule has 0 radical (unpaired) electrons. The summed E-state index contributed by atoms with van der Waals surface area (Å²) in [6, 6.07) is 0. The summed E-state index contributed by atoms with van der Waals surface area (Å²) >= 11 is 0.727. The molecule has 0 bridgehead atoms. The first-order valence-electron chi connectivity index (χ1n) is 5.33. The van der Waals surface area contributed by atoms with Crippen LogP contribution in [-0.4, -0.2) is 30.3 Å². The number of hydrogen-bond donors (Lipinski definition) is 1. The Morgan fingerprint density at radius 3 is 2.53 bits per heavy atom. The van der Waals surface area contributed by atoms with Gasteiger partial charge in [0, 0.05) is 0 Å². The predicted octanol–water partition coefficient (Wildman–Crippen LogP) is 0.991. The van der Waals surface area contributed by atoms with Crippen LogP contribution in [0.25, 0.3) is 0 Å². The first kappa shape index (κ1) is 14.0. The van der Waals surface area contributed by atoms with Gasteiger partial charge in [-0.05, 0) is 6.42 Å². The minimum Gasteiger partial charge on any atom is -0.363 e. The molecule has 96 valence electrons. The number of aromatic nitrogens is 2. The van der Waals surface area contributed by atoms with Crippen molar-refractivity contribution in [2.24, 2.45) is 5.73 Å². The SMILES string of the molecule is CCCCCCS(=O)(=O)c1nnc(C(N)=O)s1. The Morgan fingerprint density at radius 2 is 2.00 bits per heavy atom. The average molecular weight is 277 g/mol. The molecule has 6 nitrogen and oxygen atoms in total. The van der Waals surface area contributed by atoms with Gasteiger partial charge in [-0.3, -0.25) is 4.79 Å². The Labute approximate surface area is 104 Å². The number of carbonyl (C=O) groups excluding carboxylic acids is 1. The van der Waals surface area contributed by atoms with Gasteiger partial charge >= 0.3 is 0 Å². The summed E-state index contributed by atoms with van der Waals surface area (Å²) in [6.07, 6.45) is 3.53. The van der Waals surface area contributed by atoms with Crippen LogP contribution in [0.2, 0.25) is 0 Å². The van der Waals surface area contributed by atoms with Crippen molar-refractivity contribution >= 4 is 27.1 Å². The van der Waals surface area contributed by atoms with Gasteiger partial charge in [0.25, 0.3) is 5.91 Å². The van der Waals surface area contributed by atoms with Gasteiger partial charge < -0.3 is 5.73 Å². The van der Waals surface area contributed by atoms with Gasteiger partial charge in [0.05, 0.1) is 5.75 Å². The lowest BCUT2D eigenvalue weighted by Gasteiger charge is -1.99. The molecular weight excluding hydrogens is 262 g/mol. The van der Waals surface area contributed by atoms with Crippen LogP contribution in [0.5, 0.6) is 0 Å². The van der Waals surface area contributed by atoms with Crippen molar-refractivity contribution < 1.29 is 13.2 Å². The molecule has 0 saturated heterocycles. The Morgan fingerprint density at radius 1 is 1.29 bits per heavy atom. The molecule has 2 N–H and O–H groups in total. The molecule has 0 spiro atoms. The Kier molecular flexibility index (Phi) is 5.01. The number of hydrogen-bond acceptors (Lipinski definition) is 6. The van der Waals surface area contributed by atoms with E-state index in [0.717, 1.165) is 30.6 Å². The normalized spacial score (nSPS) is 11.6. The number of primary amides is 1. The third-order valence-corrected chi connectivity index (χ3v) is 5.33. The van der Waals surface area contributed by atoms with Crippen molar-refractivity contribution in [1.29, 1.82) is 0 Å². The van der Waals surface area contributed by atoms with Crippen LogP contribution in [0.15, 0.2) is 4.34 Å². The molecular formula is C9H15N3O3S2. The zero-order valence-electron chi connectivity index (χ0n) is 9.55. The zero-order chi connectivity index (χ0) is 12.9. The van der Waals surface area contributed by atoms with E-state index in [1.807, 2.05) is 0 Å². The smallest absolute Gasteiger partial charge is 0.279 e. The Hall–Kier alpha value is -1.02. The van der Waals surface area contributed by atoms with Crippen molar-refractivity contribution in [1.82, 2.24) is 10.2 Å². The van der Waals surface area contributed by atoms with Crippen LogP contribution in [0.3, 0.4) is 0 Å². The summed E-state index contributed by atoms with van der Waals surface area (Å²) in [5.41, 5.74) is 4.98. The average Bonchev–Trinajstić information content (AvgIpc) is 2.74. The van der Waals surface area contributed by atoms with Gasteiger partial charge in [-0.2, -0.15) is 0 Å². The van der Waals surface area contributed by atoms with E-state index < -0.39 is 15.7 Å². The molecule has 0 aliphatic carbocycles. The van der Waals surface area contributed by atoms with Crippen LogP contribution in [-0.2, 0) is 9.84 Å². The standard InChI is InChI=1S/C9H15N3O3S2/c1-2-3-4-5-6-17(14,15)9-12-11-8(16-9)7(10)13/h2-6H2,1H3,(H2,10,13). The fourth-order valence-electron chi connectivity index (χ4n) is 1.24. The van der Waals surface area contributed by atoms with Crippen molar-refractivity contribution in [2.45, 2.75) is 36.9 Å². The lowest BCUT2D eigenvalue weighted by Crippen LogP contribution is -2.10. The molecule has 0 aliphatic rings. The minimum atomic E-state index is -3.42. The first-order valence-corrected chi connectivity index (χ1v) is 7.80. The molecule has 0 fully saturated rings. The van der Waals surface area contributed by atoms with E-state index in [1.165, 1.54) is 0 Å². The molecule has 17 heavy (non-hydrogen) atoms. The van der Waals surface area contributed by atoms with E-state index in [2.05, 4.69) is 17.1 Å². The molecule has 1 amide bonds. The highest BCUT2D eigenvalue weighted by molar-refractivity contribution is 7.93. The zero-order valence-corrected chi connectivity index (χ0v) is 11.2. The number of rotatable bonds is 7. The summed E-state index contributed by atoms with van der Waals surface area (Å²) < 4.78 is 23.5. The highest BCUT2D eigenvalue weighted by Gasteiger charge is 2.21. The van der Waals surface area contributed by atoms with E-state index in [9.17, 15) is 13.2 Å². The largest absolute Gasteiger partial charge is 0.363 e. The van der Waals surface area contributed by atoms with E-state index in [4.69, 9.17) is 5.73 Å². The fourth-order valence-corrected chi connectivity index (χ4v) is 3.59. The highest BCUT2D eigenvalue weighted by Crippen LogP contribution is 2.18. The summed E-state index contributed by atoms with van der Waals surface area (Å²) in [5.74, 6) is -0.713. The summed E-state index contributed by atoms with van der Waals surface area (Å²) in [4.78, 5) is 10.8. The summed E-state index contributed by atoms with van der Waals surface area (Å²) in [5, 5.41) is 6.86. The maximum atomic E-state index is 11.8. The van der Waals surface area contributed by atoms with Crippen LogP contribution < -0.4 is 5.73 Å². The number of unbranched alkanes of at least 4 members (excludes halogenated alkanes) is 3. The van der Waals surface area contributed by atoms with Gasteiger partial charge in [0.15, 0.2) is 0 Å². The molecule has 0 aromatic carbocycles. The van der Waals surface area contributed by atoms with Crippen molar-refractivity contribution in [3.63, 3.8) is 0 Å². The molecule has 0 saturated carbocycles. The maximum absolute atomic E-state index is 11.8. The number of nitrogens with zero attached hydrogens (tertiary/aromatic N) is 2. The monoisotopic (exact) mass is 277 g/mol. The molecule has 1 aromatic rings. The fraction of sp³-hybridized carbons (Fsp3) is 0.667. The minimum absolute atomic E-state index is 0.0421. The second-order valence-corrected chi connectivity index (χ2v) is 6.88. The molecule has 0 unspecified atom stereocenters. The van der Waals surface area contributed by atoms with Crippen molar-refractivity contribution in [3.8, 4) is 0 Å².